The number of piperidine rings is 1. The number of rotatable bonds is 5. The molecular weight excluding hydrogens is 499 g/mol. The lowest BCUT2D eigenvalue weighted by Crippen LogP contribution is -2.54. The van der Waals surface area contributed by atoms with Crippen LogP contribution in [0.3, 0.4) is 0 Å². The lowest BCUT2D eigenvalue weighted by molar-refractivity contribution is -0.147. The lowest BCUT2D eigenvalue weighted by Gasteiger charge is -2.39. The molecule has 1 aromatic carbocycles. The van der Waals surface area contributed by atoms with Crippen LogP contribution in [0.5, 0.6) is 5.75 Å². The van der Waals surface area contributed by atoms with Gasteiger partial charge in [0.1, 0.15) is 18.2 Å². The minimum Gasteiger partial charge on any atom is -0.492 e. The molecule has 1 aromatic heterocycles. The Morgan fingerprint density at radius 1 is 1.05 bits per heavy atom. The number of halogens is 3. The van der Waals surface area contributed by atoms with Gasteiger partial charge in [-0.2, -0.15) is 22.9 Å². The highest BCUT2D eigenvalue weighted by molar-refractivity contribution is 5.83. The zero-order valence-electron chi connectivity index (χ0n) is 21.8. The first kappa shape index (κ1) is 26.5. The van der Waals surface area contributed by atoms with Crippen LogP contribution in [0.4, 0.5) is 13.2 Å². The number of hydrogen-bond donors (Lipinski definition) is 0. The Bertz CT molecular complexity index is 1160. The van der Waals surface area contributed by atoms with Crippen molar-refractivity contribution < 1.29 is 22.7 Å². The van der Waals surface area contributed by atoms with E-state index in [1.807, 2.05) is 17.0 Å². The first-order valence-corrected chi connectivity index (χ1v) is 13.3. The normalized spacial score (nSPS) is 21.3. The fourth-order valence-corrected chi connectivity index (χ4v) is 5.66. The predicted octanol–water partition coefficient (Wildman–Crippen LogP) is 3.22. The zero-order valence-corrected chi connectivity index (χ0v) is 21.8. The smallest absolute Gasteiger partial charge is 0.453 e. The Hall–Kier alpha value is -3.15. The van der Waals surface area contributed by atoms with E-state index in [4.69, 9.17) is 4.74 Å². The van der Waals surface area contributed by atoms with Crippen LogP contribution >= 0.6 is 0 Å². The van der Waals surface area contributed by atoms with Gasteiger partial charge in [-0.25, -0.2) is 0 Å². The molecule has 9 nitrogen and oxygen atoms in total. The van der Waals surface area contributed by atoms with Crippen LogP contribution in [0.15, 0.2) is 29.4 Å². The van der Waals surface area contributed by atoms with Gasteiger partial charge in [0, 0.05) is 65.1 Å². The highest BCUT2D eigenvalue weighted by Crippen LogP contribution is 2.32. The molecule has 0 spiro atoms. The molecule has 0 radical (unpaired) electrons. The third kappa shape index (κ3) is 5.79. The molecule has 4 heterocycles. The van der Waals surface area contributed by atoms with Gasteiger partial charge in [-0.3, -0.25) is 9.69 Å². The molecule has 3 aliphatic heterocycles. The van der Waals surface area contributed by atoms with Gasteiger partial charge in [0.2, 0.25) is 5.91 Å². The van der Waals surface area contributed by atoms with E-state index in [2.05, 4.69) is 44.2 Å². The molecular formula is C26H34F3N7O2. The summed E-state index contributed by atoms with van der Waals surface area (Å²) in [6, 6.07) is 8.46. The molecule has 0 bridgehead atoms. The van der Waals surface area contributed by atoms with Gasteiger partial charge in [-0.05, 0) is 43.4 Å². The van der Waals surface area contributed by atoms with Crippen LogP contribution in [-0.4, -0.2) is 93.2 Å². The van der Waals surface area contributed by atoms with Gasteiger partial charge < -0.3 is 14.5 Å². The maximum atomic E-state index is 13.2. The number of likely N-dealkylation sites (tertiary alicyclic amines) is 1. The molecule has 2 saturated heterocycles. The number of piperazine rings is 1. The van der Waals surface area contributed by atoms with Gasteiger partial charge in [0.05, 0.1) is 0 Å². The second kappa shape index (κ2) is 10.9. The van der Waals surface area contributed by atoms with Crippen molar-refractivity contribution in [2.24, 2.45) is 5.10 Å². The Morgan fingerprint density at radius 3 is 2.45 bits per heavy atom. The van der Waals surface area contributed by atoms with Crippen LogP contribution in [0.2, 0.25) is 0 Å². The van der Waals surface area contributed by atoms with E-state index in [9.17, 15) is 18.0 Å². The molecule has 1 atom stereocenters. The number of fused-ring (bicyclic) bond motifs is 1. The van der Waals surface area contributed by atoms with E-state index in [1.54, 1.807) is 6.92 Å². The van der Waals surface area contributed by atoms with Crippen LogP contribution < -0.4 is 4.74 Å². The number of nitrogens with zero attached hydrogens (tertiary/aromatic N) is 7. The molecule has 12 heteroatoms. The quantitative estimate of drug-likeness (QED) is 0.588. The SMILES string of the molecule is CC(=O)N1CCN(CCOc2ccc(C3CCN(C4=Nn5c(nnc5C(F)(F)F)CC4)CC3)cc2)CC1C. The summed E-state index contributed by atoms with van der Waals surface area (Å²) in [4.78, 5) is 18.0. The molecule has 3 aliphatic rings. The van der Waals surface area contributed by atoms with E-state index in [-0.39, 0.29) is 17.8 Å². The number of alkyl halides is 3. The summed E-state index contributed by atoms with van der Waals surface area (Å²) in [5.74, 6) is 1.22. The minimum atomic E-state index is -4.58. The highest BCUT2D eigenvalue weighted by Gasteiger charge is 2.40. The van der Waals surface area contributed by atoms with Crippen molar-refractivity contribution in [1.29, 1.82) is 0 Å². The van der Waals surface area contributed by atoms with Crippen molar-refractivity contribution >= 4 is 11.7 Å². The number of aromatic nitrogens is 3. The summed E-state index contributed by atoms with van der Waals surface area (Å²) in [6.07, 6.45) is -1.80. The van der Waals surface area contributed by atoms with Crippen molar-refractivity contribution in [3.63, 3.8) is 0 Å². The second-order valence-electron chi connectivity index (χ2n) is 10.3. The van der Waals surface area contributed by atoms with Gasteiger partial charge in [0.15, 0.2) is 5.82 Å². The molecule has 0 aliphatic carbocycles. The summed E-state index contributed by atoms with van der Waals surface area (Å²) in [5, 5.41) is 11.2. The summed E-state index contributed by atoms with van der Waals surface area (Å²) >= 11 is 0. The summed E-state index contributed by atoms with van der Waals surface area (Å²) in [5.41, 5.74) is 1.25. The molecule has 0 N–H and O–H groups in total. The van der Waals surface area contributed by atoms with E-state index in [1.165, 1.54) is 5.56 Å². The van der Waals surface area contributed by atoms with Gasteiger partial charge in [-0.1, -0.05) is 12.1 Å². The van der Waals surface area contributed by atoms with Crippen molar-refractivity contribution in [2.45, 2.75) is 57.7 Å². The van der Waals surface area contributed by atoms with Crippen LogP contribution in [0, 0.1) is 0 Å². The maximum Gasteiger partial charge on any atom is 0.453 e. The topological polar surface area (TPSA) is 79.1 Å². The molecule has 2 aromatic rings. The van der Waals surface area contributed by atoms with Gasteiger partial charge in [-0.15, -0.1) is 10.2 Å². The number of ether oxygens (including phenoxy) is 1. The molecule has 5 rings (SSSR count). The minimum absolute atomic E-state index is 0.132. The number of amides is 1. The third-order valence-corrected chi connectivity index (χ3v) is 7.75. The zero-order chi connectivity index (χ0) is 26.9. The van der Waals surface area contributed by atoms with Crippen molar-refractivity contribution in [2.75, 3.05) is 45.9 Å². The molecule has 2 fully saturated rings. The summed E-state index contributed by atoms with van der Waals surface area (Å²) in [7, 11) is 0. The van der Waals surface area contributed by atoms with Crippen LogP contribution in [0.1, 0.15) is 56.2 Å². The van der Waals surface area contributed by atoms with E-state index in [0.717, 1.165) is 62.5 Å². The van der Waals surface area contributed by atoms with E-state index in [0.29, 0.717) is 31.2 Å². The molecule has 206 valence electrons. The van der Waals surface area contributed by atoms with Crippen molar-refractivity contribution in [3.8, 4) is 5.75 Å². The molecule has 1 amide bonds. The standard InChI is InChI=1S/C26H34F3N7O2/c1-18-17-33(13-14-35(18)19(2)37)15-16-38-22-5-3-20(4-6-22)21-9-11-34(12-10-21)24-8-7-23-30-31-25(26(27,28)29)36(23)32-24/h3-6,18,21H,7-17H2,1-2H3. The van der Waals surface area contributed by atoms with Crippen molar-refractivity contribution in [3.05, 3.63) is 41.5 Å². The average Bonchev–Trinajstić information content (AvgIpc) is 3.33. The van der Waals surface area contributed by atoms with Gasteiger partial charge >= 0.3 is 6.18 Å². The van der Waals surface area contributed by atoms with Crippen LogP contribution in [0.25, 0.3) is 0 Å². The Balaban J connectivity index is 1.09. The lowest BCUT2D eigenvalue weighted by atomic mass is 9.89. The monoisotopic (exact) mass is 533 g/mol. The fourth-order valence-electron chi connectivity index (χ4n) is 5.66. The Morgan fingerprint density at radius 2 is 1.79 bits per heavy atom. The van der Waals surface area contributed by atoms with E-state index >= 15 is 0 Å². The van der Waals surface area contributed by atoms with Crippen LogP contribution in [-0.2, 0) is 17.4 Å². The molecule has 0 saturated carbocycles. The molecule has 1 unspecified atom stereocenters. The summed E-state index contributed by atoms with van der Waals surface area (Å²) < 4.78 is 46.5. The number of carbonyl (C=O) groups excluding carboxylic acids is 1. The molecule has 38 heavy (non-hydrogen) atoms. The van der Waals surface area contributed by atoms with Gasteiger partial charge in [0.25, 0.3) is 5.82 Å². The highest BCUT2D eigenvalue weighted by atomic mass is 19.4. The Labute approximate surface area is 220 Å². The number of carbonyl (C=O) groups is 1. The maximum absolute atomic E-state index is 13.2. The largest absolute Gasteiger partial charge is 0.492 e. The number of aryl methyl sites for hydroxylation is 1. The number of benzene rings is 1. The number of hydrogen-bond acceptors (Lipinski definition) is 7. The third-order valence-electron chi connectivity index (χ3n) is 7.75. The first-order chi connectivity index (χ1) is 18.2. The predicted molar refractivity (Wildman–Crippen MR) is 135 cm³/mol. The average molecular weight is 534 g/mol. The fraction of sp³-hybridized carbons (Fsp3) is 0.615. The second-order valence-corrected chi connectivity index (χ2v) is 10.3. The summed E-state index contributed by atoms with van der Waals surface area (Å²) in [6.45, 7) is 9.09. The first-order valence-electron chi connectivity index (χ1n) is 13.3. The number of amidine groups is 1. The van der Waals surface area contributed by atoms with E-state index < -0.39 is 12.0 Å². The van der Waals surface area contributed by atoms with Crippen molar-refractivity contribution in [1.82, 2.24) is 29.6 Å². The Kier molecular flexibility index (Phi) is 7.60.